The molecule has 1 aliphatic rings. The van der Waals surface area contributed by atoms with Crippen LogP contribution in [0.3, 0.4) is 0 Å². The number of aromatic nitrogens is 3. The van der Waals surface area contributed by atoms with Gasteiger partial charge in [-0.3, -0.25) is 9.78 Å². The summed E-state index contributed by atoms with van der Waals surface area (Å²) in [5, 5.41) is 4.60. The molecule has 3 heterocycles. The van der Waals surface area contributed by atoms with Crippen LogP contribution >= 0.6 is 22.6 Å². The van der Waals surface area contributed by atoms with E-state index in [1.807, 2.05) is 25.3 Å². The highest BCUT2D eigenvalue weighted by atomic mass is 127. The molecule has 138 valence electrons. The summed E-state index contributed by atoms with van der Waals surface area (Å²) in [5.74, 6) is -0.104. The summed E-state index contributed by atoms with van der Waals surface area (Å²) in [6, 6.07) is 3.66. The first-order valence-electron chi connectivity index (χ1n) is 8.40. The number of alkyl halides is 1. The lowest BCUT2D eigenvalue weighted by atomic mass is 10.3. The fraction of sp³-hybridized carbons (Fsp3) is 0.412. The van der Waals surface area contributed by atoms with Crippen LogP contribution in [-0.2, 0) is 9.22 Å². The molecular weight excluding hydrogens is 447 g/mol. The second-order valence-electron chi connectivity index (χ2n) is 6.01. The molecule has 0 spiro atoms. The summed E-state index contributed by atoms with van der Waals surface area (Å²) >= 11 is 2.24. The van der Waals surface area contributed by atoms with E-state index >= 15 is 0 Å². The molecule has 1 fully saturated rings. The van der Waals surface area contributed by atoms with Gasteiger partial charge in [0.1, 0.15) is 6.54 Å². The summed E-state index contributed by atoms with van der Waals surface area (Å²) in [7, 11) is 1.75. The SMILES string of the molecule is CCN(C(=O)CN1CCN(C)C1=O)c1cn(-c2cccnc2)nc1CI. The number of rotatable bonds is 6. The summed E-state index contributed by atoms with van der Waals surface area (Å²) in [6.07, 6.45) is 5.29. The second-order valence-corrected chi connectivity index (χ2v) is 6.78. The Hall–Kier alpha value is -2.17. The molecule has 0 bridgehead atoms. The van der Waals surface area contributed by atoms with Gasteiger partial charge in [0.25, 0.3) is 0 Å². The zero-order valence-corrected chi connectivity index (χ0v) is 17.0. The van der Waals surface area contributed by atoms with Gasteiger partial charge in [-0.1, -0.05) is 22.6 Å². The van der Waals surface area contributed by atoms with Crippen LogP contribution in [0, 0.1) is 0 Å². The van der Waals surface area contributed by atoms with E-state index in [9.17, 15) is 9.59 Å². The number of amides is 3. The zero-order chi connectivity index (χ0) is 18.7. The number of anilines is 1. The van der Waals surface area contributed by atoms with Crippen LogP contribution in [0.5, 0.6) is 0 Å². The maximum absolute atomic E-state index is 12.9. The molecule has 0 atom stereocenters. The van der Waals surface area contributed by atoms with Crippen molar-refractivity contribution in [2.75, 3.05) is 38.1 Å². The Balaban J connectivity index is 1.84. The van der Waals surface area contributed by atoms with Crippen molar-refractivity contribution in [3.05, 3.63) is 36.4 Å². The molecule has 0 saturated carbocycles. The third-order valence-corrected chi connectivity index (χ3v) is 5.06. The maximum atomic E-state index is 12.9. The third kappa shape index (κ3) is 3.67. The lowest BCUT2D eigenvalue weighted by molar-refractivity contribution is -0.119. The number of carbonyl (C=O) groups excluding carboxylic acids is 2. The summed E-state index contributed by atoms with van der Waals surface area (Å²) in [6.45, 7) is 3.74. The number of carbonyl (C=O) groups is 2. The standard InChI is InChI=1S/C17H21IN6O2/c1-3-23(16(25)12-22-8-7-21(2)17(22)26)15-11-24(20-14(15)9-18)13-5-4-6-19-10-13/h4-6,10-11H,3,7-9,12H2,1-2H3. The van der Waals surface area contributed by atoms with Crippen molar-refractivity contribution in [2.24, 2.45) is 0 Å². The molecule has 0 N–H and O–H groups in total. The molecule has 8 nitrogen and oxygen atoms in total. The number of hydrogen-bond acceptors (Lipinski definition) is 4. The highest BCUT2D eigenvalue weighted by Gasteiger charge is 2.29. The van der Waals surface area contributed by atoms with Gasteiger partial charge < -0.3 is 14.7 Å². The molecule has 3 amide bonds. The predicted molar refractivity (Wildman–Crippen MR) is 107 cm³/mol. The molecule has 3 rings (SSSR count). The van der Waals surface area contributed by atoms with Crippen LogP contribution in [0.2, 0.25) is 0 Å². The Labute approximate surface area is 165 Å². The smallest absolute Gasteiger partial charge is 0.320 e. The minimum absolute atomic E-state index is 0.0791. The van der Waals surface area contributed by atoms with Crippen molar-refractivity contribution in [3.63, 3.8) is 0 Å². The number of nitrogens with zero attached hydrogens (tertiary/aromatic N) is 6. The first kappa shape index (κ1) is 18.6. The van der Waals surface area contributed by atoms with Crippen molar-refractivity contribution in [2.45, 2.75) is 11.4 Å². The van der Waals surface area contributed by atoms with E-state index in [1.165, 1.54) is 0 Å². The molecule has 0 aliphatic carbocycles. The quantitative estimate of drug-likeness (QED) is 0.480. The van der Waals surface area contributed by atoms with Gasteiger partial charge in [-0.15, -0.1) is 0 Å². The molecule has 9 heteroatoms. The van der Waals surface area contributed by atoms with Crippen molar-refractivity contribution in [1.82, 2.24) is 24.6 Å². The number of pyridine rings is 1. The van der Waals surface area contributed by atoms with Crippen LogP contribution in [0.25, 0.3) is 5.69 Å². The number of urea groups is 1. The maximum Gasteiger partial charge on any atom is 0.320 e. The number of hydrogen-bond donors (Lipinski definition) is 0. The Morgan fingerprint density at radius 1 is 1.38 bits per heavy atom. The van der Waals surface area contributed by atoms with Crippen molar-refractivity contribution in [3.8, 4) is 5.69 Å². The predicted octanol–water partition coefficient (Wildman–Crippen LogP) is 1.92. The first-order valence-corrected chi connectivity index (χ1v) is 9.93. The van der Waals surface area contributed by atoms with E-state index in [4.69, 9.17) is 0 Å². The Morgan fingerprint density at radius 3 is 2.77 bits per heavy atom. The van der Waals surface area contributed by atoms with E-state index in [2.05, 4.69) is 32.7 Å². The van der Waals surface area contributed by atoms with Gasteiger partial charge in [0.05, 0.1) is 29.5 Å². The largest absolute Gasteiger partial charge is 0.326 e. The van der Waals surface area contributed by atoms with Gasteiger partial charge in [0, 0.05) is 37.3 Å². The van der Waals surface area contributed by atoms with Gasteiger partial charge >= 0.3 is 6.03 Å². The van der Waals surface area contributed by atoms with E-state index in [0.29, 0.717) is 24.1 Å². The molecule has 0 aromatic carbocycles. The third-order valence-electron chi connectivity index (χ3n) is 4.34. The highest BCUT2D eigenvalue weighted by Crippen LogP contribution is 2.24. The van der Waals surface area contributed by atoms with Crippen molar-refractivity contribution >= 4 is 40.2 Å². The van der Waals surface area contributed by atoms with Crippen LogP contribution < -0.4 is 4.90 Å². The van der Waals surface area contributed by atoms with E-state index < -0.39 is 0 Å². The molecule has 1 saturated heterocycles. The average molecular weight is 468 g/mol. The van der Waals surface area contributed by atoms with Gasteiger partial charge in [-0.25, -0.2) is 9.48 Å². The van der Waals surface area contributed by atoms with E-state index in [-0.39, 0.29) is 18.5 Å². The molecule has 0 unspecified atom stereocenters. The van der Waals surface area contributed by atoms with Gasteiger partial charge in [-0.05, 0) is 19.1 Å². The molecule has 26 heavy (non-hydrogen) atoms. The van der Waals surface area contributed by atoms with Crippen LogP contribution in [-0.4, -0.2) is 69.7 Å². The van der Waals surface area contributed by atoms with Crippen LogP contribution in [0.15, 0.2) is 30.7 Å². The molecule has 2 aromatic heterocycles. The Bertz CT molecular complexity index is 794. The lowest BCUT2D eigenvalue weighted by Crippen LogP contribution is -2.42. The average Bonchev–Trinajstić information content (AvgIpc) is 3.22. The fourth-order valence-electron chi connectivity index (χ4n) is 2.92. The first-order chi connectivity index (χ1) is 12.5. The van der Waals surface area contributed by atoms with E-state index in [1.54, 1.807) is 38.8 Å². The zero-order valence-electron chi connectivity index (χ0n) is 14.8. The Morgan fingerprint density at radius 2 is 2.19 bits per heavy atom. The normalized spacial score (nSPS) is 14.2. The van der Waals surface area contributed by atoms with Crippen molar-refractivity contribution in [1.29, 1.82) is 0 Å². The topological polar surface area (TPSA) is 74.6 Å². The fourth-order valence-corrected chi connectivity index (χ4v) is 3.47. The summed E-state index contributed by atoms with van der Waals surface area (Å²) in [4.78, 5) is 33.9. The summed E-state index contributed by atoms with van der Waals surface area (Å²) < 4.78 is 2.41. The minimum atomic E-state index is -0.104. The van der Waals surface area contributed by atoms with Gasteiger partial charge in [0.2, 0.25) is 5.91 Å². The number of halogens is 1. The molecule has 2 aromatic rings. The molecular formula is C17H21IN6O2. The Kier molecular flexibility index (Phi) is 5.74. The van der Waals surface area contributed by atoms with Crippen molar-refractivity contribution < 1.29 is 9.59 Å². The molecule has 0 radical (unpaired) electrons. The van der Waals surface area contributed by atoms with Crippen LogP contribution in [0.1, 0.15) is 12.6 Å². The van der Waals surface area contributed by atoms with E-state index in [0.717, 1.165) is 17.1 Å². The minimum Gasteiger partial charge on any atom is -0.326 e. The van der Waals surface area contributed by atoms with Crippen LogP contribution in [0.4, 0.5) is 10.5 Å². The lowest BCUT2D eigenvalue weighted by Gasteiger charge is -2.23. The monoisotopic (exact) mass is 468 g/mol. The van der Waals surface area contributed by atoms with Gasteiger partial charge in [0.15, 0.2) is 0 Å². The van der Waals surface area contributed by atoms with Gasteiger partial charge in [-0.2, -0.15) is 5.10 Å². The number of likely N-dealkylation sites (N-methyl/N-ethyl adjacent to an activating group) is 2. The molecule has 1 aliphatic heterocycles. The summed E-state index contributed by atoms with van der Waals surface area (Å²) in [5.41, 5.74) is 2.44. The highest BCUT2D eigenvalue weighted by molar-refractivity contribution is 14.1. The second kappa shape index (κ2) is 8.02.